The van der Waals surface area contributed by atoms with Gasteiger partial charge in [-0.25, -0.2) is 0 Å². The van der Waals surface area contributed by atoms with Crippen LogP contribution in [0, 0.1) is 10.1 Å². The highest BCUT2D eigenvalue weighted by Gasteiger charge is 2.08. The van der Waals surface area contributed by atoms with Crippen LogP contribution < -0.4 is 5.32 Å². The van der Waals surface area contributed by atoms with Crippen molar-refractivity contribution in [3.05, 3.63) is 28.4 Å². The van der Waals surface area contributed by atoms with Gasteiger partial charge in [0.05, 0.1) is 12.2 Å². The molecule has 0 spiro atoms. The Labute approximate surface area is 98.6 Å². The van der Waals surface area contributed by atoms with Crippen molar-refractivity contribution < 1.29 is 9.72 Å². The number of nitrogens with zero attached hydrogens (tertiary/aromatic N) is 3. The van der Waals surface area contributed by atoms with E-state index in [0.29, 0.717) is 12.2 Å². The molecule has 1 heterocycles. The standard InChI is InChI=1S/C10H14N4O3/c1-3-13(2)10(15)7-11-8-4-5-9(12-6-8)14(16)17/h4-6,11H,3,7H2,1-2H3. The number of pyridine rings is 1. The number of carbonyl (C=O) groups excluding carboxylic acids is 1. The Morgan fingerprint density at radius 3 is 2.76 bits per heavy atom. The lowest BCUT2D eigenvalue weighted by Gasteiger charge is -2.14. The third kappa shape index (κ3) is 3.71. The lowest BCUT2D eigenvalue weighted by molar-refractivity contribution is -0.389. The van der Waals surface area contributed by atoms with Gasteiger partial charge < -0.3 is 20.3 Å². The van der Waals surface area contributed by atoms with E-state index in [9.17, 15) is 14.9 Å². The Kier molecular flexibility index (Phi) is 4.38. The summed E-state index contributed by atoms with van der Waals surface area (Å²) in [6.45, 7) is 2.66. The predicted molar refractivity (Wildman–Crippen MR) is 62.7 cm³/mol. The van der Waals surface area contributed by atoms with Crippen LogP contribution in [0.2, 0.25) is 0 Å². The molecule has 1 aromatic heterocycles. The summed E-state index contributed by atoms with van der Waals surface area (Å²) in [6.07, 6.45) is 1.33. The topological polar surface area (TPSA) is 88.4 Å². The van der Waals surface area contributed by atoms with E-state index in [4.69, 9.17) is 0 Å². The molecule has 17 heavy (non-hydrogen) atoms. The highest BCUT2D eigenvalue weighted by Crippen LogP contribution is 2.10. The zero-order valence-electron chi connectivity index (χ0n) is 9.71. The van der Waals surface area contributed by atoms with Gasteiger partial charge in [0.15, 0.2) is 6.20 Å². The number of nitrogens with one attached hydrogen (secondary N) is 1. The highest BCUT2D eigenvalue weighted by molar-refractivity contribution is 5.80. The summed E-state index contributed by atoms with van der Waals surface area (Å²) in [7, 11) is 1.71. The van der Waals surface area contributed by atoms with Crippen molar-refractivity contribution >= 4 is 17.4 Å². The first-order valence-electron chi connectivity index (χ1n) is 5.13. The number of carbonyl (C=O) groups is 1. The van der Waals surface area contributed by atoms with Gasteiger partial charge in [0.25, 0.3) is 0 Å². The maximum absolute atomic E-state index is 11.5. The van der Waals surface area contributed by atoms with Crippen LogP contribution in [0.15, 0.2) is 18.3 Å². The minimum absolute atomic E-state index is 0.0501. The van der Waals surface area contributed by atoms with Crippen molar-refractivity contribution in [2.75, 3.05) is 25.5 Å². The maximum atomic E-state index is 11.5. The van der Waals surface area contributed by atoms with Gasteiger partial charge in [-0.2, -0.15) is 0 Å². The van der Waals surface area contributed by atoms with Crippen molar-refractivity contribution in [3.8, 4) is 0 Å². The second kappa shape index (κ2) is 5.78. The molecule has 0 unspecified atom stereocenters. The average molecular weight is 238 g/mol. The van der Waals surface area contributed by atoms with Crippen molar-refractivity contribution in [1.82, 2.24) is 9.88 Å². The fraction of sp³-hybridized carbons (Fsp3) is 0.400. The number of likely N-dealkylation sites (N-methyl/N-ethyl adjacent to an activating group) is 1. The van der Waals surface area contributed by atoms with E-state index in [1.165, 1.54) is 18.3 Å². The van der Waals surface area contributed by atoms with E-state index in [1.807, 2.05) is 6.92 Å². The summed E-state index contributed by atoms with van der Waals surface area (Å²) in [5.74, 6) is -0.265. The molecule has 1 N–H and O–H groups in total. The number of hydrogen-bond donors (Lipinski definition) is 1. The first-order chi connectivity index (χ1) is 8.04. The largest absolute Gasteiger partial charge is 0.373 e. The van der Waals surface area contributed by atoms with Gasteiger partial charge in [-0.05, 0) is 22.9 Å². The SMILES string of the molecule is CCN(C)C(=O)CNc1ccc([N+](=O)[O-])nc1. The zero-order chi connectivity index (χ0) is 12.8. The fourth-order valence-electron chi connectivity index (χ4n) is 1.09. The Bertz CT molecular complexity index is 405. The molecule has 0 bridgehead atoms. The van der Waals surface area contributed by atoms with E-state index in [-0.39, 0.29) is 18.3 Å². The monoisotopic (exact) mass is 238 g/mol. The summed E-state index contributed by atoms with van der Waals surface area (Å²) >= 11 is 0. The Morgan fingerprint density at radius 2 is 2.29 bits per heavy atom. The lowest BCUT2D eigenvalue weighted by atomic mass is 10.4. The van der Waals surface area contributed by atoms with Crippen LogP contribution in [0.4, 0.5) is 11.5 Å². The molecule has 1 rings (SSSR count). The van der Waals surface area contributed by atoms with Crippen molar-refractivity contribution in [3.63, 3.8) is 0 Å². The summed E-state index contributed by atoms with van der Waals surface area (Å²) < 4.78 is 0. The summed E-state index contributed by atoms with van der Waals surface area (Å²) in [5.41, 5.74) is 0.577. The highest BCUT2D eigenvalue weighted by atomic mass is 16.6. The molecule has 7 nitrogen and oxygen atoms in total. The van der Waals surface area contributed by atoms with Gasteiger partial charge in [0.2, 0.25) is 5.91 Å². The van der Waals surface area contributed by atoms with Gasteiger partial charge in [-0.1, -0.05) is 0 Å². The van der Waals surface area contributed by atoms with Crippen LogP contribution in [-0.2, 0) is 4.79 Å². The number of hydrogen-bond acceptors (Lipinski definition) is 5. The Morgan fingerprint density at radius 1 is 1.59 bits per heavy atom. The van der Waals surface area contributed by atoms with E-state index >= 15 is 0 Å². The molecule has 0 saturated heterocycles. The van der Waals surface area contributed by atoms with Gasteiger partial charge in [-0.15, -0.1) is 0 Å². The minimum Gasteiger partial charge on any atom is -0.373 e. The molecule has 0 aliphatic heterocycles. The molecular weight excluding hydrogens is 224 g/mol. The predicted octanol–water partition coefficient (Wildman–Crippen LogP) is 0.880. The average Bonchev–Trinajstić information content (AvgIpc) is 2.35. The number of nitro groups is 1. The molecule has 1 amide bonds. The van der Waals surface area contributed by atoms with Crippen molar-refractivity contribution in [2.45, 2.75) is 6.92 Å². The lowest BCUT2D eigenvalue weighted by Crippen LogP contribution is -2.31. The Hall–Kier alpha value is -2.18. The first-order valence-corrected chi connectivity index (χ1v) is 5.13. The molecule has 0 fully saturated rings. The summed E-state index contributed by atoms with van der Waals surface area (Å²) in [6, 6.07) is 2.81. The number of anilines is 1. The maximum Gasteiger partial charge on any atom is 0.363 e. The van der Waals surface area contributed by atoms with E-state index in [2.05, 4.69) is 10.3 Å². The van der Waals surface area contributed by atoms with Crippen molar-refractivity contribution in [1.29, 1.82) is 0 Å². The molecule has 92 valence electrons. The fourth-order valence-corrected chi connectivity index (χ4v) is 1.09. The zero-order valence-corrected chi connectivity index (χ0v) is 9.71. The number of rotatable bonds is 5. The van der Waals surface area contributed by atoms with Gasteiger partial charge in [-0.3, -0.25) is 4.79 Å². The van der Waals surface area contributed by atoms with Crippen molar-refractivity contribution in [2.24, 2.45) is 0 Å². The van der Waals surface area contributed by atoms with Gasteiger partial charge in [0, 0.05) is 19.7 Å². The van der Waals surface area contributed by atoms with Crippen LogP contribution in [0.3, 0.4) is 0 Å². The van der Waals surface area contributed by atoms with E-state index < -0.39 is 4.92 Å². The van der Waals surface area contributed by atoms with Crippen LogP contribution in [-0.4, -0.2) is 40.9 Å². The van der Waals surface area contributed by atoms with E-state index in [1.54, 1.807) is 11.9 Å². The molecule has 0 aromatic carbocycles. The van der Waals surface area contributed by atoms with Crippen LogP contribution in [0.25, 0.3) is 0 Å². The third-order valence-corrected chi connectivity index (χ3v) is 2.28. The number of aromatic nitrogens is 1. The second-order valence-electron chi connectivity index (χ2n) is 3.42. The molecule has 0 radical (unpaired) electrons. The van der Waals surface area contributed by atoms with Gasteiger partial charge >= 0.3 is 5.82 Å². The smallest absolute Gasteiger partial charge is 0.363 e. The summed E-state index contributed by atoms with van der Waals surface area (Å²) in [5, 5.41) is 13.2. The van der Waals surface area contributed by atoms with Crippen LogP contribution in [0.5, 0.6) is 0 Å². The molecule has 0 aliphatic carbocycles. The molecule has 0 atom stereocenters. The number of amides is 1. The molecule has 0 aliphatic rings. The Balaban J connectivity index is 2.53. The normalized spacial score (nSPS) is 9.76. The minimum atomic E-state index is -0.570. The molecule has 1 aromatic rings. The third-order valence-electron chi connectivity index (χ3n) is 2.28. The van der Waals surface area contributed by atoms with E-state index in [0.717, 1.165) is 0 Å². The molecule has 0 saturated carbocycles. The molecular formula is C10H14N4O3. The van der Waals surface area contributed by atoms with Crippen LogP contribution >= 0.6 is 0 Å². The summed E-state index contributed by atoms with van der Waals surface area (Å²) in [4.78, 5) is 26.5. The quantitative estimate of drug-likeness (QED) is 0.607. The molecule has 7 heteroatoms. The van der Waals surface area contributed by atoms with Gasteiger partial charge in [0.1, 0.15) is 0 Å². The first kappa shape index (κ1) is 12.9. The second-order valence-corrected chi connectivity index (χ2v) is 3.42. The van der Waals surface area contributed by atoms with Crippen LogP contribution in [0.1, 0.15) is 6.92 Å².